The van der Waals surface area contributed by atoms with Gasteiger partial charge in [0.25, 0.3) is 0 Å². The van der Waals surface area contributed by atoms with Crippen molar-refractivity contribution in [3.05, 3.63) is 27.2 Å². The SMILES string of the molecule is COc1c(C)cc(Br)c(C)c1CCCCNC(C)(C)C. The Morgan fingerprint density at radius 2 is 1.85 bits per heavy atom. The minimum atomic E-state index is 0.208. The van der Waals surface area contributed by atoms with Crippen LogP contribution in [0.2, 0.25) is 0 Å². The van der Waals surface area contributed by atoms with Crippen LogP contribution in [0.25, 0.3) is 0 Å². The molecule has 1 N–H and O–H groups in total. The van der Waals surface area contributed by atoms with Crippen LogP contribution >= 0.6 is 15.9 Å². The van der Waals surface area contributed by atoms with Crippen LogP contribution in [0.1, 0.15) is 50.3 Å². The molecule has 1 aromatic carbocycles. The average molecular weight is 342 g/mol. The van der Waals surface area contributed by atoms with Crippen molar-refractivity contribution < 1.29 is 4.74 Å². The van der Waals surface area contributed by atoms with Crippen molar-refractivity contribution >= 4 is 15.9 Å². The molecule has 0 fully saturated rings. The van der Waals surface area contributed by atoms with E-state index in [9.17, 15) is 0 Å². The first-order valence-electron chi connectivity index (χ1n) is 7.34. The third-order valence-corrected chi connectivity index (χ3v) is 4.32. The molecule has 0 radical (unpaired) electrons. The molecule has 0 heterocycles. The quantitative estimate of drug-likeness (QED) is 0.751. The highest BCUT2D eigenvalue weighted by Crippen LogP contribution is 2.33. The summed E-state index contributed by atoms with van der Waals surface area (Å²) >= 11 is 3.64. The molecular weight excluding hydrogens is 314 g/mol. The van der Waals surface area contributed by atoms with Crippen LogP contribution in [-0.2, 0) is 6.42 Å². The zero-order valence-electron chi connectivity index (χ0n) is 13.7. The largest absolute Gasteiger partial charge is 0.496 e. The first-order chi connectivity index (χ1) is 9.26. The number of unbranched alkanes of at least 4 members (excludes halogenated alkanes) is 1. The van der Waals surface area contributed by atoms with Crippen LogP contribution in [0, 0.1) is 13.8 Å². The fourth-order valence-corrected chi connectivity index (χ4v) is 2.97. The van der Waals surface area contributed by atoms with Crippen molar-refractivity contribution in [2.24, 2.45) is 0 Å². The highest BCUT2D eigenvalue weighted by atomic mass is 79.9. The number of aryl methyl sites for hydroxylation is 1. The van der Waals surface area contributed by atoms with Gasteiger partial charge in [0.1, 0.15) is 5.75 Å². The molecule has 0 atom stereocenters. The maximum absolute atomic E-state index is 5.59. The lowest BCUT2D eigenvalue weighted by Crippen LogP contribution is -2.36. The average Bonchev–Trinajstić information content (AvgIpc) is 2.33. The van der Waals surface area contributed by atoms with Gasteiger partial charge in [-0.15, -0.1) is 0 Å². The van der Waals surface area contributed by atoms with Gasteiger partial charge in [0.2, 0.25) is 0 Å². The molecule has 0 unspecified atom stereocenters. The first kappa shape index (κ1) is 17.5. The van der Waals surface area contributed by atoms with E-state index in [0.717, 1.165) is 18.7 Å². The van der Waals surface area contributed by atoms with Crippen molar-refractivity contribution in [1.82, 2.24) is 5.32 Å². The van der Waals surface area contributed by atoms with E-state index in [4.69, 9.17) is 4.74 Å². The Morgan fingerprint density at radius 1 is 1.20 bits per heavy atom. The summed E-state index contributed by atoms with van der Waals surface area (Å²) in [5, 5.41) is 3.53. The summed E-state index contributed by atoms with van der Waals surface area (Å²) in [6.07, 6.45) is 3.43. The van der Waals surface area contributed by atoms with Gasteiger partial charge in [-0.1, -0.05) is 15.9 Å². The van der Waals surface area contributed by atoms with Crippen LogP contribution in [-0.4, -0.2) is 19.2 Å². The van der Waals surface area contributed by atoms with Crippen LogP contribution in [0.15, 0.2) is 10.5 Å². The molecule has 0 saturated heterocycles. The van der Waals surface area contributed by atoms with Crippen LogP contribution in [0.3, 0.4) is 0 Å². The standard InChI is InChI=1S/C17H28BrNO/c1-12-11-15(18)13(2)14(16(12)20-6)9-7-8-10-19-17(3,4)5/h11,19H,7-10H2,1-6H3. The molecule has 0 aliphatic rings. The Morgan fingerprint density at radius 3 is 2.40 bits per heavy atom. The van der Waals surface area contributed by atoms with Gasteiger partial charge in [-0.2, -0.15) is 0 Å². The van der Waals surface area contributed by atoms with E-state index < -0.39 is 0 Å². The number of rotatable bonds is 6. The molecule has 1 rings (SSSR count). The lowest BCUT2D eigenvalue weighted by Gasteiger charge is -2.20. The van der Waals surface area contributed by atoms with E-state index in [2.05, 4.69) is 61.9 Å². The van der Waals surface area contributed by atoms with Crippen molar-refractivity contribution in [3.8, 4) is 5.75 Å². The summed E-state index contributed by atoms with van der Waals surface area (Å²) in [5.41, 5.74) is 4.05. The second-order valence-electron chi connectivity index (χ2n) is 6.45. The van der Waals surface area contributed by atoms with Gasteiger partial charge in [-0.25, -0.2) is 0 Å². The molecule has 0 spiro atoms. The molecule has 0 aliphatic heterocycles. The second-order valence-corrected chi connectivity index (χ2v) is 7.30. The van der Waals surface area contributed by atoms with Gasteiger partial charge >= 0.3 is 0 Å². The van der Waals surface area contributed by atoms with Gasteiger partial charge in [-0.05, 0) is 83.2 Å². The van der Waals surface area contributed by atoms with E-state index in [1.807, 2.05) is 0 Å². The highest BCUT2D eigenvalue weighted by Gasteiger charge is 2.13. The van der Waals surface area contributed by atoms with Crippen LogP contribution < -0.4 is 10.1 Å². The van der Waals surface area contributed by atoms with Crippen LogP contribution in [0.4, 0.5) is 0 Å². The topological polar surface area (TPSA) is 21.3 Å². The Labute approximate surface area is 132 Å². The first-order valence-corrected chi connectivity index (χ1v) is 8.13. The van der Waals surface area contributed by atoms with Crippen molar-refractivity contribution in [1.29, 1.82) is 0 Å². The van der Waals surface area contributed by atoms with E-state index in [-0.39, 0.29) is 5.54 Å². The van der Waals surface area contributed by atoms with Gasteiger partial charge in [0.05, 0.1) is 7.11 Å². The molecule has 0 amide bonds. The fourth-order valence-electron chi connectivity index (χ4n) is 2.39. The zero-order valence-corrected chi connectivity index (χ0v) is 15.3. The Kier molecular flexibility index (Phi) is 6.53. The number of methoxy groups -OCH3 is 1. The molecule has 2 nitrogen and oxygen atoms in total. The fraction of sp³-hybridized carbons (Fsp3) is 0.647. The van der Waals surface area contributed by atoms with Gasteiger partial charge < -0.3 is 10.1 Å². The summed E-state index contributed by atoms with van der Waals surface area (Å²) in [6.45, 7) is 12.0. The van der Waals surface area contributed by atoms with Gasteiger partial charge in [0, 0.05) is 10.0 Å². The Hall–Kier alpha value is -0.540. The van der Waals surface area contributed by atoms with E-state index in [1.54, 1.807) is 7.11 Å². The molecule has 0 saturated carbocycles. The lowest BCUT2D eigenvalue weighted by atomic mass is 9.98. The monoisotopic (exact) mass is 341 g/mol. The smallest absolute Gasteiger partial charge is 0.125 e. The summed E-state index contributed by atoms with van der Waals surface area (Å²) in [7, 11) is 1.76. The molecule has 0 aromatic heterocycles. The number of halogens is 1. The van der Waals surface area contributed by atoms with E-state index in [0.29, 0.717) is 0 Å². The minimum absolute atomic E-state index is 0.208. The molecule has 0 aliphatic carbocycles. The summed E-state index contributed by atoms with van der Waals surface area (Å²) in [6, 6.07) is 2.14. The Bertz CT molecular complexity index is 449. The molecule has 0 bridgehead atoms. The van der Waals surface area contributed by atoms with Crippen molar-refractivity contribution in [2.75, 3.05) is 13.7 Å². The third-order valence-electron chi connectivity index (χ3n) is 3.50. The molecule has 3 heteroatoms. The van der Waals surface area contributed by atoms with E-state index >= 15 is 0 Å². The lowest BCUT2D eigenvalue weighted by molar-refractivity contribution is 0.402. The summed E-state index contributed by atoms with van der Waals surface area (Å²) < 4.78 is 6.77. The highest BCUT2D eigenvalue weighted by molar-refractivity contribution is 9.10. The van der Waals surface area contributed by atoms with Gasteiger partial charge in [0.15, 0.2) is 0 Å². The van der Waals surface area contributed by atoms with Crippen molar-refractivity contribution in [3.63, 3.8) is 0 Å². The minimum Gasteiger partial charge on any atom is -0.496 e. The van der Waals surface area contributed by atoms with Crippen LogP contribution in [0.5, 0.6) is 5.75 Å². The molecule has 20 heavy (non-hydrogen) atoms. The number of nitrogens with one attached hydrogen (secondary N) is 1. The maximum Gasteiger partial charge on any atom is 0.125 e. The predicted octanol–water partition coefficient (Wildman–Crippen LogP) is 4.79. The number of benzene rings is 1. The number of hydrogen-bond donors (Lipinski definition) is 1. The second kappa shape index (κ2) is 7.46. The maximum atomic E-state index is 5.59. The molecule has 114 valence electrons. The van der Waals surface area contributed by atoms with Gasteiger partial charge in [-0.3, -0.25) is 0 Å². The molecular formula is C17H28BrNO. The Balaban J connectivity index is 2.64. The predicted molar refractivity (Wildman–Crippen MR) is 90.9 cm³/mol. The summed E-state index contributed by atoms with van der Waals surface area (Å²) in [5.74, 6) is 1.05. The number of hydrogen-bond acceptors (Lipinski definition) is 2. The third kappa shape index (κ3) is 5.10. The zero-order chi connectivity index (χ0) is 15.3. The molecule has 1 aromatic rings. The van der Waals surface area contributed by atoms with Crippen molar-refractivity contribution in [2.45, 2.75) is 59.4 Å². The van der Waals surface area contributed by atoms with E-state index in [1.165, 1.54) is 34.0 Å². The number of ether oxygens (including phenoxy) is 1. The normalized spacial score (nSPS) is 11.8. The summed E-state index contributed by atoms with van der Waals surface area (Å²) in [4.78, 5) is 0.